The van der Waals surface area contributed by atoms with Gasteiger partial charge in [-0.15, -0.1) is 22.7 Å². The van der Waals surface area contributed by atoms with E-state index in [0.29, 0.717) is 0 Å². The Morgan fingerprint density at radius 1 is 0.778 bits per heavy atom. The molecule has 3 heterocycles. The molecule has 2 aromatic rings. The van der Waals surface area contributed by atoms with E-state index in [4.69, 9.17) is 0 Å². The Hall–Kier alpha value is -0.383. The van der Waals surface area contributed by atoms with Crippen molar-refractivity contribution in [2.45, 2.75) is 91.0 Å². The van der Waals surface area contributed by atoms with Gasteiger partial charge in [0, 0.05) is 9.75 Å². The van der Waals surface area contributed by atoms with E-state index < -0.39 is 8.80 Å². The molecule has 3 rings (SSSR count). The summed E-state index contributed by atoms with van der Waals surface area (Å²) in [5.41, 5.74) is 0. The molecule has 0 fully saturated rings. The lowest BCUT2D eigenvalue weighted by Crippen LogP contribution is -2.38. The first kappa shape index (κ1) is 21.3. The number of rotatable bonds is 13. The average Bonchev–Trinajstić information content (AvgIpc) is 3.38. The van der Waals surface area contributed by atoms with Gasteiger partial charge in [-0.2, -0.15) is 0 Å². The summed E-state index contributed by atoms with van der Waals surface area (Å²) in [6.45, 7) is 7.17. The number of fused-ring (bicyclic) bond motifs is 3. The molecule has 2 atom stereocenters. The van der Waals surface area contributed by atoms with Gasteiger partial charge in [-0.05, 0) is 45.4 Å². The molecule has 1 aliphatic rings. The number of hydrogen-bond acceptors (Lipinski definition) is 2. The summed E-state index contributed by atoms with van der Waals surface area (Å²) in [7, 11) is -0.950. The highest BCUT2D eigenvalue weighted by Crippen LogP contribution is 2.35. The van der Waals surface area contributed by atoms with E-state index >= 15 is 0 Å². The van der Waals surface area contributed by atoms with Gasteiger partial charge in [0.1, 0.15) is 8.80 Å². The van der Waals surface area contributed by atoms with Gasteiger partial charge in [0.25, 0.3) is 0 Å². The monoisotopic (exact) mass is 418 g/mol. The fourth-order valence-corrected chi connectivity index (χ4v) is 12.1. The van der Waals surface area contributed by atoms with Crippen molar-refractivity contribution in [3.63, 3.8) is 0 Å². The predicted molar refractivity (Wildman–Crippen MR) is 129 cm³/mol. The first-order valence-electron chi connectivity index (χ1n) is 11.4. The second-order valence-corrected chi connectivity index (χ2v) is 13.2. The second kappa shape index (κ2) is 11.0. The Morgan fingerprint density at radius 2 is 1.37 bits per heavy atom. The summed E-state index contributed by atoms with van der Waals surface area (Å²) >= 11 is 3.96. The molecule has 0 aliphatic carbocycles. The SMILES string of the molecule is CCCCCCCCC(CC)CC(CC)C[SiH]1c2ccsc2-c2sccc21. The molecule has 150 valence electrons. The van der Waals surface area contributed by atoms with E-state index in [1.807, 2.05) is 22.7 Å². The Kier molecular flexibility index (Phi) is 8.67. The van der Waals surface area contributed by atoms with Crippen molar-refractivity contribution in [1.29, 1.82) is 0 Å². The Labute approximate surface area is 177 Å². The Morgan fingerprint density at radius 3 is 1.96 bits per heavy atom. The quantitative estimate of drug-likeness (QED) is 0.236. The van der Waals surface area contributed by atoms with Gasteiger partial charge in [-0.1, -0.05) is 90.7 Å². The molecule has 0 saturated carbocycles. The maximum absolute atomic E-state index is 2.46. The topological polar surface area (TPSA) is 0 Å². The van der Waals surface area contributed by atoms with E-state index in [-0.39, 0.29) is 0 Å². The van der Waals surface area contributed by atoms with Crippen molar-refractivity contribution in [2.75, 3.05) is 0 Å². The molecule has 2 unspecified atom stereocenters. The zero-order valence-corrected chi connectivity index (χ0v) is 20.4. The van der Waals surface area contributed by atoms with Crippen LogP contribution in [0.1, 0.15) is 85.0 Å². The van der Waals surface area contributed by atoms with Crippen LogP contribution in [0.15, 0.2) is 22.9 Å². The summed E-state index contributed by atoms with van der Waals surface area (Å²) in [5, 5.41) is 8.21. The molecule has 3 heteroatoms. The van der Waals surface area contributed by atoms with Crippen molar-refractivity contribution >= 4 is 41.8 Å². The first-order chi connectivity index (χ1) is 13.3. The predicted octanol–water partition coefficient (Wildman–Crippen LogP) is 7.32. The molecule has 2 aromatic heterocycles. The standard InChI is InChI=1S/C24H38S2Si/c1-4-7-8-9-10-11-12-19(5-2)17-20(6-3)18-27-21-13-15-25-23(21)24-22(27)14-16-26-24/h13-16,19-20,27H,4-12,17-18H2,1-3H3. The van der Waals surface area contributed by atoms with Gasteiger partial charge >= 0.3 is 0 Å². The molecule has 0 saturated heterocycles. The number of hydrogen-bond donors (Lipinski definition) is 0. The van der Waals surface area contributed by atoms with Crippen LogP contribution in [0.2, 0.25) is 6.04 Å². The summed E-state index contributed by atoms with van der Waals surface area (Å²) in [4.78, 5) is 3.26. The van der Waals surface area contributed by atoms with Crippen LogP contribution in [0, 0.1) is 11.8 Å². The minimum Gasteiger partial charge on any atom is -0.143 e. The molecule has 0 radical (unpaired) electrons. The lowest BCUT2D eigenvalue weighted by molar-refractivity contribution is 0.342. The molecule has 0 bridgehead atoms. The third-order valence-electron chi connectivity index (χ3n) is 6.70. The van der Waals surface area contributed by atoms with Crippen molar-refractivity contribution in [1.82, 2.24) is 0 Å². The average molecular weight is 419 g/mol. The number of unbranched alkanes of at least 4 members (excludes halogenated alkanes) is 5. The van der Waals surface area contributed by atoms with Gasteiger partial charge in [0.2, 0.25) is 0 Å². The van der Waals surface area contributed by atoms with Crippen LogP contribution in [0.4, 0.5) is 0 Å². The molecule has 0 amide bonds. The van der Waals surface area contributed by atoms with Gasteiger partial charge in [-0.3, -0.25) is 0 Å². The summed E-state index contributed by atoms with van der Waals surface area (Å²) in [6.07, 6.45) is 14.3. The van der Waals surface area contributed by atoms with Gasteiger partial charge in [-0.25, -0.2) is 0 Å². The van der Waals surface area contributed by atoms with Crippen LogP contribution < -0.4 is 10.4 Å². The van der Waals surface area contributed by atoms with Crippen molar-refractivity contribution in [3.8, 4) is 9.75 Å². The van der Waals surface area contributed by atoms with Gasteiger partial charge < -0.3 is 0 Å². The minimum absolute atomic E-state index is 0.935. The van der Waals surface area contributed by atoms with Crippen molar-refractivity contribution < 1.29 is 0 Å². The molecule has 1 aliphatic heterocycles. The molecule has 27 heavy (non-hydrogen) atoms. The van der Waals surface area contributed by atoms with E-state index in [0.717, 1.165) is 11.8 Å². The third kappa shape index (κ3) is 5.36. The minimum atomic E-state index is -0.950. The van der Waals surface area contributed by atoms with Crippen LogP contribution in [-0.4, -0.2) is 8.80 Å². The molecule has 0 nitrogen and oxygen atoms in total. The van der Waals surface area contributed by atoms with E-state index in [1.54, 1.807) is 20.1 Å². The summed E-state index contributed by atoms with van der Waals surface area (Å²) in [5.74, 6) is 1.89. The largest absolute Gasteiger partial charge is 0.143 e. The normalized spacial score (nSPS) is 15.7. The lowest BCUT2D eigenvalue weighted by atomic mass is 9.88. The Balaban J connectivity index is 1.52. The van der Waals surface area contributed by atoms with E-state index in [1.165, 1.54) is 70.3 Å². The van der Waals surface area contributed by atoms with Crippen LogP contribution in [0.25, 0.3) is 9.75 Å². The zero-order chi connectivity index (χ0) is 19.1. The van der Waals surface area contributed by atoms with Crippen LogP contribution in [-0.2, 0) is 0 Å². The molecule has 0 spiro atoms. The second-order valence-electron chi connectivity index (χ2n) is 8.54. The first-order valence-corrected chi connectivity index (χ1v) is 15.2. The van der Waals surface area contributed by atoms with E-state index in [2.05, 4.69) is 43.7 Å². The molecular weight excluding hydrogens is 380 g/mol. The molecule has 0 N–H and O–H groups in total. The lowest BCUT2D eigenvalue weighted by Gasteiger charge is -2.24. The number of thiophene rings is 2. The van der Waals surface area contributed by atoms with Crippen LogP contribution in [0.5, 0.6) is 0 Å². The highest BCUT2D eigenvalue weighted by atomic mass is 32.1. The highest BCUT2D eigenvalue weighted by Gasteiger charge is 2.33. The van der Waals surface area contributed by atoms with Gasteiger partial charge in [0.05, 0.1) is 0 Å². The summed E-state index contributed by atoms with van der Waals surface area (Å²) in [6, 6.07) is 6.42. The fraction of sp³-hybridized carbons (Fsp3) is 0.667. The van der Waals surface area contributed by atoms with Crippen molar-refractivity contribution in [3.05, 3.63) is 22.9 Å². The zero-order valence-electron chi connectivity index (χ0n) is 17.6. The molecule has 0 aromatic carbocycles. The smallest absolute Gasteiger partial charge is 0.107 e. The Bertz CT molecular complexity index is 631. The van der Waals surface area contributed by atoms with Gasteiger partial charge in [0.15, 0.2) is 0 Å². The maximum Gasteiger partial charge on any atom is 0.107 e. The fourth-order valence-electron chi connectivity index (χ4n) is 4.91. The summed E-state index contributed by atoms with van der Waals surface area (Å²) < 4.78 is 0. The van der Waals surface area contributed by atoms with Crippen LogP contribution >= 0.6 is 22.7 Å². The molecular formula is C24H38S2Si. The van der Waals surface area contributed by atoms with E-state index in [9.17, 15) is 0 Å². The van der Waals surface area contributed by atoms with Crippen LogP contribution in [0.3, 0.4) is 0 Å². The third-order valence-corrected chi connectivity index (χ3v) is 12.7. The van der Waals surface area contributed by atoms with Crippen molar-refractivity contribution in [2.24, 2.45) is 11.8 Å². The maximum atomic E-state index is 2.46. The highest BCUT2D eigenvalue weighted by molar-refractivity contribution is 7.25.